The minimum absolute atomic E-state index is 0.00219. The van der Waals surface area contributed by atoms with Crippen molar-refractivity contribution in [2.45, 2.75) is 20.4 Å². The summed E-state index contributed by atoms with van der Waals surface area (Å²) in [6.45, 7) is 3.77. The van der Waals surface area contributed by atoms with E-state index in [-0.39, 0.29) is 23.1 Å². The van der Waals surface area contributed by atoms with E-state index in [0.29, 0.717) is 6.54 Å². The maximum atomic E-state index is 11.0. The Labute approximate surface area is 115 Å². The van der Waals surface area contributed by atoms with Gasteiger partial charge in [0, 0.05) is 18.4 Å². The molecule has 0 radical (unpaired) electrons. The Kier molecular flexibility index (Phi) is 3.74. The minimum Gasteiger partial charge on any atom is -0.368 e. The number of nitro groups is 1. The molecule has 0 unspecified atom stereocenters. The van der Waals surface area contributed by atoms with Crippen LogP contribution in [0.2, 0.25) is 0 Å². The minimum atomic E-state index is -0.523. The Morgan fingerprint density at radius 1 is 1.35 bits per heavy atom. The molecule has 0 fully saturated rings. The first-order chi connectivity index (χ1) is 9.47. The topological polar surface area (TPSA) is 120 Å². The van der Waals surface area contributed by atoms with Gasteiger partial charge < -0.3 is 11.1 Å². The fraction of sp³-hybridized carbons (Fsp3) is 0.250. The Bertz CT molecular complexity index is 641. The van der Waals surface area contributed by atoms with Crippen molar-refractivity contribution in [3.05, 3.63) is 45.4 Å². The van der Waals surface area contributed by atoms with Crippen LogP contribution in [0.3, 0.4) is 0 Å². The molecule has 0 aliphatic carbocycles. The quantitative estimate of drug-likeness (QED) is 0.641. The van der Waals surface area contributed by atoms with Gasteiger partial charge in [0.25, 0.3) is 0 Å². The molecule has 8 heteroatoms. The van der Waals surface area contributed by atoms with Crippen molar-refractivity contribution in [2.75, 3.05) is 11.1 Å². The first-order valence-electron chi connectivity index (χ1n) is 5.91. The molecular formula is C12H14N6O2. The van der Waals surface area contributed by atoms with Gasteiger partial charge in [0.05, 0.1) is 4.92 Å². The lowest BCUT2D eigenvalue weighted by Gasteiger charge is -2.08. The molecule has 0 spiro atoms. The van der Waals surface area contributed by atoms with Crippen LogP contribution in [0, 0.1) is 24.0 Å². The van der Waals surface area contributed by atoms with E-state index in [4.69, 9.17) is 5.73 Å². The van der Waals surface area contributed by atoms with Gasteiger partial charge >= 0.3 is 5.69 Å². The predicted octanol–water partition coefficient (Wildman–Crippen LogP) is 1.59. The maximum Gasteiger partial charge on any atom is 0.332 e. The largest absolute Gasteiger partial charge is 0.368 e. The Morgan fingerprint density at radius 3 is 2.70 bits per heavy atom. The molecule has 0 saturated carbocycles. The lowest BCUT2D eigenvalue weighted by Crippen LogP contribution is -2.09. The number of hydrogen-bond acceptors (Lipinski definition) is 7. The van der Waals surface area contributed by atoms with Gasteiger partial charge in [0.15, 0.2) is 0 Å². The Hall–Kier alpha value is -2.77. The van der Waals surface area contributed by atoms with Gasteiger partial charge in [0.2, 0.25) is 11.8 Å². The molecule has 0 bridgehead atoms. The average Bonchev–Trinajstić information content (AvgIpc) is 2.36. The molecule has 8 nitrogen and oxygen atoms in total. The summed E-state index contributed by atoms with van der Waals surface area (Å²) in [5.41, 5.74) is 7.37. The first kappa shape index (κ1) is 13.7. The molecule has 0 atom stereocenters. The van der Waals surface area contributed by atoms with E-state index in [1.807, 2.05) is 19.1 Å². The number of nitrogen functional groups attached to an aromatic ring is 1. The van der Waals surface area contributed by atoms with Crippen LogP contribution in [0.4, 0.5) is 17.5 Å². The Balaban J connectivity index is 2.24. The lowest BCUT2D eigenvalue weighted by molar-refractivity contribution is -0.385. The number of aromatic nitrogens is 3. The van der Waals surface area contributed by atoms with Gasteiger partial charge in [-0.25, -0.2) is 4.98 Å². The third-order valence-corrected chi connectivity index (χ3v) is 2.69. The second-order valence-corrected chi connectivity index (χ2v) is 4.28. The monoisotopic (exact) mass is 274 g/mol. The van der Waals surface area contributed by atoms with E-state index >= 15 is 0 Å². The Morgan fingerprint density at radius 2 is 2.10 bits per heavy atom. The van der Waals surface area contributed by atoms with Gasteiger partial charge in [-0.1, -0.05) is 6.07 Å². The third-order valence-electron chi connectivity index (χ3n) is 2.69. The molecule has 3 N–H and O–H groups in total. The highest BCUT2D eigenvalue weighted by molar-refractivity contribution is 5.60. The number of nitrogens with two attached hydrogens (primary N) is 1. The van der Waals surface area contributed by atoms with E-state index in [9.17, 15) is 10.1 Å². The number of rotatable bonds is 4. The molecular weight excluding hydrogens is 260 g/mol. The summed E-state index contributed by atoms with van der Waals surface area (Å²) in [7, 11) is 0. The van der Waals surface area contributed by atoms with Crippen molar-refractivity contribution in [2.24, 2.45) is 0 Å². The van der Waals surface area contributed by atoms with Crippen LogP contribution in [-0.4, -0.2) is 19.9 Å². The zero-order valence-electron chi connectivity index (χ0n) is 11.1. The molecule has 2 aromatic rings. The van der Waals surface area contributed by atoms with Crippen LogP contribution in [0.5, 0.6) is 0 Å². The number of pyridine rings is 1. The summed E-state index contributed by atoms with van der Waals surface area (Å²) in [6, 6.07) is 3.75. The molecule has 0 amide bonds. The number of nitrogens with one attached hydrogen (secondary N) is 1. The molecule has 0 aromatic carbocycles. The van der Waals surface area contributed by atoms with E-state index < -0.39 is 4.92 Å². The molecule has 0 aliphatic rings. The SMILES string of the molecule is Cc1ccc(CNc2nc(N)nc(C)c2[N+](=O)[O-])cn1. The van der Waals surface area contributed by atoms with Crippen molar-refractivity contribution in [3.63, 3.8) is 0 Å². The van der Waals surface area contributed by atoms with E-state index in [1.165, 1.54) is 6.92 Å². The predicted molar refractivity (Wildman–Crippen MR) is 74.1 cm³/mol. The fourth-order valence-electron chi connectivity index (χ4n) is 1.72. The summed E-state index contributed by atoms with van der Waals surface area (Å²) >= 11 is 0. The number of aryl methyl sites for hydroxylation is 2. The summed E-state index contributed by atoms with van der Waals surface area (Å²) in [5.74, 6) is 0.109. The van der Waals surface area contributed by atoms with Crippen molar-refractivity contribution in [1.29, 1.82) is 0 Å². The van der Waals surface area contributed by atoms with Gasteiger partial charge in [0.1, 0.15) is 5.69 Å². The van der Waals surface area contributed by atoms with Gasteiger partial charge in [-0.3, -0.25) is 15.1 Å². The standard InChI is InChI=1S/C12H14N6O2/c1-7-3-4-9(5-14-7)6-15-11-10(18(19)20)8(2)16-12(13)17-11/h3-5H,6H2,1-2H3,(H3,13,15,16,17). The highest BCUT2D eigenvalue weighted by Gasteiger charge is 2.21. The van der Waals surface area contributed by atoms with Gasteiger partial charge in [-0.2, -0.15) is 4.98 Å². The fourth-order valence-corrected chi connectivity index (χ4v) is 1.72. The normalized spacial score (nSPS) is 10.3. The van der Waals surface area contributed by atoms with Crippen LogP contribution in [0.25, 0.3) is 0 Å². The van der Waals surface area contributed by atoms with E-state index in [1.54, 1.807) is 6.20 Å². The van der Waals surface area contributed by atoms with Gasteiger partial charge in [-0.15, -0.1) is 0 Å². The smallest absolute Gasteiger partial charge is 0.332 e. The molecule has 0 aliphatic heterocycles. The van der Waals surface area contributed by atoms with Crippen molar-refractivity contribution >= 4 is 17.5 Å². The highest BCUT2D eigenvalue weighted by atomic mass is 16.6. The van der Waals surface area contributed by atoms with Crippen LogP contribution < -0.4 is 11.1 Å². The lowest BCUT2D eigenvalue weighted by atomic mass is 10.2. The van der Waals surface area contributed by atoms with E-state index in [0.717, 1.165) is 11.3 Å². The van der Waals surface area contributed by atoms with Crippen LogP contribution >= 0.6 is 0 Å². The van der Waals surface area contributed by atoms with Crippen LogP contribution in [0.15, 0.2) is 18.3 Å². The summed E-state index contributed by atoms with van der Waals surface area (Å²) < 4.78 is 0. The molecule has 2 rings (SSSR count). The zero-order valence-corrected chi connectivity index (χ0v) is 11.1. The number of nitrogens with zero attached hydrogens (tertiary/aromatic N) is 4. The highest BCUT2D eigenvalue weighted by Crippen LogP contribution is 2.26. The van der Waals surface area contributed by atoms with Crippen molar-refractivity contribution < 1.29 is 4.92 Å². The molecule has 20 heavy (non-hydrogen) atoms. The van der Waals surface area contributed by atoms with Crippen molar-refractivity contribution in [1.82, 2.24) is 15.0 Å². The second-order valence-electron chi connectivity index (χ2n) is 4.28. The molecule has 0 saturated heterocycles. The molecule has 104 valence electrons. The van der Waals surface area contributed by atoms with E-state index in [2.05, 4.69) is 20.3 Å². The maximum absolute atomic E-state index is 11.0. The summed E-state index contributed by atoms with van der Waals surface area (Å²) in [4.78, 5) is 22.3. The third kappa shape index (κ3) is 2.97. The molecule has 2 aromatic heterocycles. The van der Waals surface area contributed by atoms with Crippen LogP contribution in [-0.2, 0) is 6.54 Å². The zero-order chi connectivity index (χ0) is 14.7. The number of anilines is 2. The molecule has 2 heterocycles. The second kappa shape index (κ2) is 5.47. The first-order valence-corrected chi connectivity index (χ1v) is 5.91. The summed E-state index contributed by atoms with van der Waals surface area (Å²) in [5, 5.41) is 13.9. The van der Waals surface area contributed by atoms with Gasteiger partial charge in [-0.05, 0) is 25.5 Å². The average molecular weight is 274 g/mol. The number of hydrogen-bond donors (Lipinski definition) is 2. The summed E-state index contributed by atoms with van der Waals surface area (Å²) in [6.07, 6.45) is 1.70. The van der Waals surface area contributed by atoms with Crippen molar-refractivity contribution in [3.8, 4) is 0 Å². The van der Waals surface area contributed by atoms with Crippen LogP contribution in [0.1, 0.15) is 17.0 Å².